The maximum absolute atomic E-state index is 12.5. The van der Waals surface area contributed by atoms with Crippen LogP contribution >= 0.6 is 24.8 Å². The normalized spacial score (nSPS) is 25.1. The summed E-state index contributed by atoms with van der Waals surface area (Å²) in [7, 11) is 0. The van der Waals surface area contributed by atoms with Crippen molar-refractivity contribution in [1.29, 1.82) is 0 Å². The molecule has 4 nitrogen and oxygen atoms in total. The first-order valence-corrected chi connectivity index (χ1v) is 12.6. The highest BCUT2D eigenvalue weighted by atomic mass is 35.5. The van der Waals surface area contributed by atoms with Gasteiger partial charge in [-0.15, -0.1) is 24.8 Å². The minimum atomic E-state index is -0.509. The van der Waals surface area contributed by atoms with Gasteiger partial charge >= 0.3 is 5.97 Å². The molecule has 0 amide bonds. The Bertz CT molecular complexity index is 781. The number of hydrogen-bond donors (Lipinski definition) is 2. The minimum Gasteiger partial charge on any atom is -0.460 e. The molecule has 2 atom stereocenters. The van der Waals surface area contributed by atoms with Crippen LogP contribution in [0.25, 0.3) is 6.08 Å². The summed E-state index contributed by atoms with van der Waals surface area (Å²) in [6.07, 6.45) is 9.53. The molecule has 194 valence electrons. The van der Waals surface area contributed by atoms with Crippen molar-refractivity contribution in [3.63, 3.8) is 0 Å². The van der Waals surface area contributed by atoms with Crippen molar-refractivity contribution in [2.24, 2.45) is 11.3 Å². The van der Waals surface area contributed by atoms with Crippen LogP contribution in [0.5, 0.6) is 0 Å². The molecule has 2 fully saturated rings. The van der Waals surface area contributed by atoms with Gasteiger partial charge in [-0.25, -0.2) is 0 Å². The van der Waals surface area contributed by atoms with E-state index in [0.29, 0.717) is 30.6 Å². The van der Waals surface area contributed by atoms with Gasteiger partial charge in [-0.05, 0) is 84.6 Å². The number of carbonyl (C=O) groups excluding carboxylic acids is 1. The van der Waals surface area contributed by atoms with E-state index in [4.69, 9.17) is 4.74 Å². The number of halogens is 2. The molecule has 3 rings (SSSR count). The fourth-order valence-corrected chi connectivity index (χ4v) is 4.68. The summed E-state index contributed by atoms with van der Waals surface area (Å²) >= 11 is 0. The highest BCUT2D eigenvalue weighted by Gasteiger charge is 2.40. The molecule has 1 aromatic carbocycles. The lowest BCUT2D eigenvalue weighted by Gasteiger charge is -2.33. The van der Waals surface area contributed by atoms with Crippen molar-refractivity contribution in [1.82, 2.24) is 10.6 Å². The van der Waals surface area contributed by atoms with Crippen molar-refractivity contribution >= 4 is 36.9 Å². The third-order valence-corrected chi connectivity index (χ3v) is 6.79. The van der Waals surface area contributed by atoms with Crippen LogP contribution in [-0.4, -0.2) is 36.2 Å². The molecule has 2 N–H and O–H groups in total. The molecular formula is C28H46Cl2N2O2. The van der Waals surface area contributed by atoms with Gasteiger partial charge in [0.15, 0.2) is 0 Å². The molecule has 0 radical (unpaired) electrons. The van der Waals surface area contributed by atoms with E-state index in [1.807, 2.05) is 34.6 Å². The lowest BCUT2D eigenvalue weighted by atomic mass is 9.88. The summed E-state index contributed by atoms with van der Waals surface area (Å²) in [5.41, 5.74) is 1.95. The summed E-state index contributed by atoms with van der Waals surface area (Å²) in [4.78, 5) is 12.5. The number of rotatable bonds is 9. The predicted octanol–water partition coefficient (Wildman–Crippen LogP) is 6.57. The third kappa shape index (κ3) is 9.53. The quantitative estimate of drug-likeness (QED) is 0.367. The zero-order valence-corrected chi connectivity index (χ0v) is 23.5. The largest absolute Gasteiger partial charge is 0.460 e. The van der Waals surface area contributed by atoms with Crippen LogP contribution in [0.1, 0.15) is 85.6 Å². The molecule has 0 heterocycles. The first-order chi connectivity index (χ1) is 15.1. The fraction of sp³-hybridized carbons (Fsp3) is 0.679. The third-order valence-electron chi connectivity index (χ3n) is 6.79. The Morgan fingerprint density at radius 2 is 1.59 bits per heavy atom. The van der Waals surface area contributed by atoms with E-state index >= 15 is 0 Å². The molecule has 0 aromatic heterocycles. The highest BCUT2D eigenvalue weighted by Crippen LogP contribution is 2.40. The lowest BCUT2D eigenvalue weighted by molar-refractivity contribution is -0.165. The van der Waals surface area contributed by atoms with Crippen LogP contribution in [0, 0.1) is 11.3 Å². The fourth-order valence-electron chi connectivity index (χ4n) is 4.68. The van der Waals surface area contributed by atoms with E-state index in [2.05, 4.69) is 54.0 Å². The van der Waals surface area contributed by atoms with Crippen molar-refractivity contribution in [2.75, 3.05) is 6.54 Å². The van der Waals surface area contributed by atoms with Crippen LogP contribution in [0.4, 0.5) is 0 Å². The van der Waals surface area contributed by atoms with Gasteiger partial charge < -0.3 is 15.4 Å². The van der Waals surface area contributed by atoms with Gasteiger partial charge in [-0.3, -0.25) is 4.79 Å². The van der Waals surface area contributed by atoms with Crippen molar-refractivity contribution in [3.05, 3.63) is 41.5 Å². The highest BCUT2D eigenvalue weighted by molar-refractivity contribution is 5.85. The minimum absolute atomic E-state index is 0. The molecule has 1 aromatic rings. The second-order valence-electron chi connectivity index (χ2n) is 11.4. The lowest BCUT2D eigenvalue weighted by Crippen LogP contribution is -2.46. The Kier molecular flexibility index (Phi) is 12.1. The maximum atomic E-state index is 12.5. The molecule has 6 heteroatoms. The molecule has 0 aliphatic heterocycles. The Morgan fingerprint density at radius 3 is 2.15 bits per heavy atom. The molecule has 0 unspecified atom stereocenters. The average molecular weight is 514 g/mol. The molecular weight excluding hydrogens is 467 g/mol. The van der Waals surface area contributed by atoms with Gasteiger partial charge in [0, 0.05) is 24.7 Å². The number of esters is 1. The molecule has 2 aliphatic carbocycles. The topological polar surface area (TPSA) is 50.4 Å². The van der Waals surface area contributed by atoms with Gasteiger partial charge in [0.1, 0.15) is 5.60 Å². The summed E-state index contributed by atoms with van der Waals surface area (Å²) in [6, 6.07) is 12.5. The van der Waals surface area contributed by atoms with Crippen LogP contribution < -0.4 is 10.6 Å². The van der Waals surface area contributed by atoms with Gasteiger partial charge in [0.05, 0.1) is 5.41 Å². The van der Waals surface area contributed by atoms with E-state index in [0.717, 1.165) is 6.42 Å². The van der Waals surface area contributed by atoms with Crippen LogP contribution in [0.2, 0.25) is 0 Å². The maximum Gasteiger partial charge on any atom is 0.313 e. The van der Waals surface area contributed by atoms with E-state index in [9.17, 15) is 4.79 Å². The van der Waals surface area contributed by atoms with Crippen LogP contribution in [0.3, 0.4) is 0 Å². The number of hydrogen-bond acceptors (Lipinski definition) is 4. The second kappa shape index (κ2) is 13.3. The van der Waals surface area contributed by atoms with Crippen molar-refractivity contribution in [3.8, 4) is 0 Å². The molecule has 2 saturated carbocycles. The molecule has 2 aliphatic rings. The first-order valence-electron chi connectivity index (χ1n) is 12.6. The molecule has 0 saturated heterocycles. The molecule has 0 spiro atoms. The number of ether oxygens (including phenoxy) is 1. The van der Waals surface area contributed by atoms with Gasteiger partial charge in [0.25, 0.3) is 0 Å². The number of carbonyl (C=O) groups is 1. The van der Waals surface area contributed by atoms with Gasteiger partial charge in [0.2, 0.25) is 0 Å². The Labute approximate surface area is 219 Å². The van der Waals surface area contributed by atoms with E-state index in [1.54, 1.807) is 5.57 Å². The van der Waals surface area contributed by atoms with Gasteiger partial charge in [-0.1, -0.05) is 48.9 Å². The number of nitrogens with one attached hydrogen (secondary N) is 2. The van der Waals surface area contributed by atoms with Gasteiger partial charge in [-0.2, -0.15) is 0 Å². The monoisotopic (exact) mass is 512 g/mol. The van der Waals surface area contributed by atoms with E-state index < -0.39 is 11.0 Å². The summed E-state index contributed by atoms with van der Waals surface area (Å²) in [5.74, 6) is 0.577. The number of benzene rings is 1. The average Bonchev–Trinajstić information content (AvgIpc) is 3.50. The van der Waals surface area contributed by atoms with Crippen molar-refractivity contribution < 1.29 is 9.53 Å². The Hall–Kier alpha value is -1.07. The second-order valence-corrected chi connectivity index (χ2v) is 11.4. The zero-order chi connectivity index (χ0) is 23.4. The standard InChI is InChI=1S/C28H44N2O2.2ClH/c1-7-21(17-20-11-9-8-10-12-20)24-18-25(24)30-23-15-13-22(14-16-23)29-19-28(5,6)26(31)32-27(2,3)4;;/h8-12,17,22-25,29-30H,7,13-16,18-19H2,1-6H3;2*1H/t22?,23?,24-,25+;;/m0../s1. The molecule has 0 bridgehead atoms. The van der Waals surface area contributed by atoms with Crippen LogP contribution in [-0.2, 0) is 9.53 Å². The van der Waals surface area contributed by atoms with Crippen LogP contribution in [0.15, 0.2) is 35.9 Å². The zero-order valence-electron chi connectivity index (χ0n) is 21.9. The Balaban J connectivity index is 0.00000289. The molecule has 34 heavy (non-hydrogen) atoms. The smallest absolute Gasteiger partial charge is 0.313 e. The first kappa shape index (κ1) is 31.0. The van der Waals surface area contributed by atoms with Crippen molar-refractivity contribution in [2.45, 2.75) is 104 Å². The van der Waals surface area contributed by atoms with E-state index in [1.165, 1.54) is 37.7 Å². The van der Waals surface area contributed by atoms with E-state index in [-0.39, 0.29) is 30.8 Å². The summed E-state index contributed by atoms with van der Waals surface area (Å²) in [5, 5.41) is 7.58. The summed E-state index contributed by atoms with van der Waals surface area (Å²) < 4.78 is 5.59. The summed E-state index contributed by atoms with van der Waals surface area (Å²) in [6.45, 7) is 12.7. The SMILES string of the molecule is CCC(=Cc1ccccc1)[C@@H]1C[C@H]1NC1CCC(NCC(C)(C)C(=O)OC(C)(C)C)CC1.Cl.Cl. The predicted molar refractivity (Wildman–Crippen MR) is 148 cm³/mol. The Morgan fingerprint density at radius 1 is 1.00 bits per heavy atom.